The molecule has 6 rings (SSSR count). The van der Waals surface area contributed by atoms with E-state index in [9.17, 15) is 8.42 Å². The van der Waals surface area contributed by atoms with Crippen LogP contribution in [-0.2, 0) is 29.3 Å². The van der Waals surface area contributed by atoms with Gasteiger partial charge in [0.1, 0.15) is 0 Å². The van der Waals surface area contributed by atoms with Gasteiger partial charge in [0.15, 0.2) is 0 Å². The standard InChI is InChI=1S/C26H18N4O2S.Zn/c31-33(32,24-4-2-1-3-5-24)26-16-23-14-21-9-8-19(28-21)12-17-6-7-18(27-17)13-20-10-11-22(29-20)15-25(26)30-23;/h1-16,27,30H;. The summed E-state index contributed by atoms with van der Waals surface area (Å²) in [6.07, 6.45) is 7.60. The molecule has 8 bridgehead atoms. The van der Waals surface area contributed by atoms with Crippen LogP contribution >= 0.6 is 0 Å². The summed E-state index contributed by atoms with van der Waals surface area (Å²) >= 11 is 0. The number of nitrogens with zero attached hydrogens (tertiary/aromatic N) is 2. The summed E-state index contributed by atoms with van der Waals surface area (Å²) < 4.78 is 26.9. The number of hydrogen-bond acceptors (Lipinski definition) is 4. The van der Waals surface area contributed by atoms with Crippen molar-refractivity contribution in [2.45, 2.75) is 9.79 Å². The van der Waals surface area contributed by atoms with Gasteiger partial charge >= 0.3 is 0 Å². The van der Waals surface area contributed by atoms with E-state index >= 15 is 0 Å². The van der Waals surface area contributed by atoms with Crippen LogP contribution in [-0.4, -0.2) is 28.4 Å². The largest absolute Gasteiger partial charge is 0.355 e. The second kappa shape index (κ2) is 8.63. The molecule has 2 N–H and O–H groups in total. The average molecular weight is 516 g/mol. The van der Waals surface area contributed by atoms with Gasteiger partial charge in [0.2, 0.25) is 9.84 Å². The van der Waals surface area contributed by atoms with Crippen LogP contribution in [0.1, 0.15) is 22.8 Å². The van der Waals surface area contributed by atoms with Gasteiger partial charge in [0.05, 0.1) is 38.1 Å². The van der Waals surface area contributed by atoms with Crippen molar-refractivity contribution in [2.75, 3.05) is 0 Å². The van der Waals surface area contributed by atoms with Gasteiger partial charge in [-0.1, -0.05) is 18.2 Å². The van der Waals surface area contributed by atoms with Gasteiger partial charge < -0.3 is 9.97 Å². The number of fused-ring (bicyclic) bond motifs is 8. The van der Waals surface area contributed by atoms with Crippen LogP contribution in [0.25, 0.3) is 46.4 Å². The maximum Gasteiger partial charge on any atom is 0.208 e. The summed E-state index contributed by atoms with van der Waals surface area (Å²) in [5.41, 5.74) is 5.97. The Kier molecular flexibility index (Phi) is 5.64. The minimum atomic E-state index is -3.73. The molecule has 3 aromatic heterocycles. The fourth-order valence-electron chi connectivity index (χ4n) is 3.94. The zero-order valence-electron chi connectivity index (χ0n) is 18.1. The van der Waals surface area contributed by atoms with E-state index in [1.54, 1.807) is 42.5 Å². The molecule has 8 heteroatoms. The first-order chi connectivity index (χ1) is 16.0. The van der Waals surface area contributed by atoms with Crippen molar-refractivity contribution in [3.05, 3.63) is 95.6 Å². The fraction of sp³-hybridized carbons (Fsp3) is 0. The van der Waals surface area contributed by atoms with Gasteiger partial charge in [0.25, 0.3) is 0 Å². The van der Waals surface area contributed by atoms with E-state index < -0.39 is 9.84 Å². The van der Waals surface area contributed by atoms with E-state index in [1.165, 1.54) is 0 Å². The number of sulfone groups is 1. The van der Waals surface area contributed by atoms with Crippen LogP contribution in [0.5, 0.6) is 0 Å². The Morgan fingerprint density at radius 1 is 0.588 bits per heavy atom. The molecule has 2 aliphatic heterocycles. The molecule has 2 aliphatic rings. The number of hydrogen-bond donors (Lipinski definition) is 2. The Labute approximate surface area is 208 Å². The molecule has 0 atom stereocenters. The molecule has 5 heterocycles. The third-order valence-electron chi connectivity index (χ3n) is 5.47. The molecule has 4 aromatic rings. The van der Waals surface area contributed by atoms with E-state index in [0.717, 1.165) is 28.1 Å². The molecule has 0 radical (unpaired) electrons. The molecule has 0 unspecified atom stereocenters. The van der Waals surface area contributed by atoms with E-state index in [2.05, 4.69) is 19.9 Å². The summed E-state index contributed by atoms with van der Waals surface area (Å²) in [4.78, 5) is 16.3. The Morgan fingerprint density at radius 3 is 1.71 bits per heavy atom. The van der Waals surface area contributed by atoms with Crippen LogP contribution in [0.15, 0.2) is 82.6 Å². The predicted molar refractivity (Wildman–Crippen MR) is 131 cm³/mol. The molecular formula is C26H18N4O2SZn. The van der Waals surface area contributed by atoms with Crippen LogP contribution in [0, 0.1) is 0 Å². The summed E-state index contributed by atoms with van der Waals surface area (Å²) in [5, 5.41) is 0. The summed E-state index contributed by atoms with van der Waals surface area (Å²) in [5.74, 6) is 0. The Morgan fingerprint density at radius 2 is 1.12 bits per heavy atom. The third kappa shape index (κ3) is 4.18. The van der Waals surface area contributed by atoms with Crippen LogP contribution in [0.2, 0.25) is 0 Å². The van der Waals surface area contributed by atoms with Crippen molar-refractivity contribution in [1.29, 1.82) is 0 Å². The average Bonchev–Trinajstić information content (AvgIpc) is 3.59. The second-order valence-electron chi connectivity index (χ2n) is 7.86. The van der Waals surface area contributed by atoms with E-state index in [4.69, 9.17) is 0 Å². The quantitative estimate of drug-likeness (QED) is 0.298. The van der Waals surface area contributed by atoms with E-state index in [0.29, 0.717) is 16.7 Å². The molecule has 1 aromatic carbocycles. The van der Waals surface area contributed by atoms with Crippen molar-refractivity contribution in [3.63, 3.8) is 0 Å². The van der Waals surface area contributed by atoms with Gasteiger partial charge in [-0.15, -0.1) is 0 Å². The monoisotopic (exact) mass is 514 g/mol. The van der Waals surface area contributed by atoms with Crippen molar-refractivity contribution < 1.29 is 27.9 Å². The Bertz CT molecular complexity index is 1730. The topological polar surface area (TPSA) is 91.5 Å². The van der Waals surface area contributed by atoms with Crippen molar-refractivity contribution in [2.24, 2.45) is 0 Å². The minimum Gasteiger partial charge on any atom is -0.355 e. The predicted octanol–water partition coefficient (Wildman–Crippen LogP) is 5.49. The zero-order valence-corrected chi connectivity index (χ0v) is 21.8. The first-order valence-corrected chi connectivity index (χ1v) is 11.9. The van der Waals surface area contributed by atoms with E-state index in [-0.39, 0.29) is 29.3 Å². The van der Waals surface area contributed by atoms with Crippen LogP contribution in [0.4, 0.5) is 0 Å². The summed E-state index contributed by atoms with van der Waals surface area (Å²) in [7, 11) is -3.73. The van der Waals surface area contributed by atoms with Crippen LogP contribution in [0.3, 0.4) is 0 Å². The number of aromatic nitrogens is 4. The number of rotatable bonds is 2. The Hall–Kier alpha value is -3.61. The minimum absolute atomic E-state index is 0. The molecular weight excluding hydrogens is 498 g/mol. The maximum atomic E-state index is 13.4. The van der Waals surface area contributed by atoms with Crippen molar-refractivity contribution >= 4 is 56.2 Å². The van der Waals surface area contributed by atoms with Gasteiger partial charge in [-0.05, 0) is 78.9 Å². The number of benzene rings is 1. The van der Waals surface area contributed by atoms with Gasteiger partial charge in [-0.25, -0.2) is 18.4 Å². The molecule has 0 fully saturated rings. The molecule has 6 nitrogen and oxygen atoms in total. The van der Waals surface area contributed by atoms with Crippen molar-refractivity contribution in [1.82, 2.24) is 19.9 Å². The maximum absolute atomic E-state index is 13.4. The summed E-state index contributed by atoms with van der Waals surface area (Å²) in [6.45, 7) is 0. The molecule has 0 saturated heterocycles. The second-order valence-corrected chi connectivity index (χ2v) is 9.77. The first-order valence-electron chi connectivity index (χ1n) is 10.4. The molecule has 0 aliphatic carbocycles. The Balaban J connectivity index is 0.00000241. The molecule has 0 spiro atoms. The SMILES string of the molecule is O=S(=O)(c1ccccc1)c1cc2cc3nc(cc4ccc(cc5nc(cc1[nH]2)C=C5)[nH]4)C=C3.[Zn]. The van der Waals surface area contributed by atoms with Gasteiger partial charge in [-0.3, -0.25) is 0 Å². The smallest absolute Gasteiger partial charge is 0.208 e. The number of nitrogens with one attached hydrogen (secondary N) is 2. The molecule has 0 amide bonds. The third-order valence-corrected chi connectivity index (χ3v) is 7.28. The van der Waals surface area contributed by atoms with Gasteiger partial charge in [0, 0.05) is 36.0 Å². The number of H-pyrrole nitrogens is 2. The van der Waals surface area contributed by atoms with Gasteiger partial charge in [-0.2, -0.15) is 0 Å². The number of aromatic amines is 2. The fourth-order valence-corrected chi connectivity index (χ4v) is 5.39. The van der Waals surface area contributed by atoms with E-state index in [1.807, 2.05) is 54.6 Å². The first kappa shape index (κ1) is 22.2. The van der Waals surface area contributed by atoms with Crippen LogP contribution < -0.4 is 0 Å². The normalized spacial score (nSPS) is 12.5. The summed E-state index contributed by atoms with van der Waals surface area (Å²) in [6, 6.07) is 21.6. The molecule has 162 valence electrons. The molecule has 34 heavy (non-hydrogen) atoms. The molecule has 0 saturated carbocycles. The zero-order chi connectivity index (χ0) is 22.4. The van der Waals surface area contributed by atoms with Crippen molar-refractivity contribution in [3.8, 4) is 0 Å².